The number of aliphatic hydroxyl groups is 1. The minimum absolute atomic E-state index is 0.00947. The van der Waals surface area contributed by atoms with E-state index in [2.05, 4.69) is 19.0 Å². The van der Waals surface area contributed by atoms with Crippen molar-refractivity contribution in [1.29, 1.82) is 0 Å². The first kappa shape index (κ1) is 24.6. The van der Waals surface area contributed by atoms with Gasteiger partial charge in [-0.15, -0.1) is 0 Å². The Kier molecular flexibility index (Phi) is 7.28. The molecule has 0 aromatic rings. The number of ketones is 1. The van der Waals surface area contributed by atoms with Crippen molar-refractivity contribution in [3.05, 3.63) is 28.7 Å². The van der Waals surface area contributed by atoms with E-state index >= 15 is 0 Å². The molecule has 8 atom stereocenters. The number of allylic oxidation sites excluding steroid dienone is 4. The fourth-order valence-electron chi connectivity index (χ4n) is 7.08. The Labute approximate surface area is 181 Å². The SMILES string of the molecule is CC.CC.C[C@H]1CC2C3CC[C@](O)(C=O)C3(C)CC(N=O)[C@@H]2C2(C)C=CC(=O)C=C12. The Bertz CT molecular complexity index is 743. The first-order valence-electron chi connectivity index (χ1n) is 11.7. The largest absolute Gasteiger partial charge is 0.382 e. The second kappa shape index (κ2) is 8.86. The van der Waals surface area contributed by atoms with E-state index in [0.717, 1.165) is 18.4 Å². The van der Waals surface area contributed by atoms with Crippen molar-refractivity contribution < 1.29 is 14.7 Å². The lowest BCUT2D eigenvalue weighted by molar-refractivity contribution is -0.151. The van der Waals surface area contributed by atoms with Gasteiger partial charge in [-0.25, -0.2) is 0 Å². The Morgan fingerprint density at radius 2 is 1.83 bits per heavy atom. The number of fused-ring (bicyclic) bond motifs is 5. The lowest BCUT2D eigenvalue weighted by Crippen LogP contribution is -2.60. The summed E-state index contributed by atoms with van der Waals surface area (Å²) in [4.78, 5) is 35.6. The molecule has 5 nitrogen and oxygen atoms in total. The van der Waals surface area contributed by atoms with Crippen molar-refractivity contribution in [3.8, 4) is 0 Å². The molecule has 0 radical (unpaired) electrons. The van der Waals surface area contributed by atoms with Crippen molar-refractivity contribution >= 4 is 12.1 Å². The average molecular weight is 418 g/mol. The summed E-state index contributed by atoms with van der Waals surface area (Å²) in [5, 5.41) is 14.5. The van der Waals surface area contributed by atoms with Crippen LogP contribution in [0.2, 0.25) is 0 Å². The second-order valence-electron chi connectivity index (χ2n) is 9.43. The van der Waals surface area contributed by atoms with Crippen LogP contribution in [-0.2, 0) is 9.59 Å². The maximum absolute atomic E-state index is 12.0. The van der Waals surface area contributed by atoms with Crippen LogP contribution in [0.15, 0.2) is 29.0 Å². The van der Waals surface area contributed by atoms with Crippen molar-refractivity contribution in [2.24, 2.45) is 39.7 Å². The molecule has 1 N–H and O–H groups in total. The molecule has 0 bridgehead atoms. The standard InChI is InChI=1S/C21H27NO4.2C2H6/c1-12-8-14-15-5-7-21(25,11-23)20(15,3)10-17(22-26)18(14)19(2)6-4-13(24)9-16(12)19;2*1-2/h4,6,9,11-12,14-15,17-18,25H,5,7-8,10H2,1-3H3;2*1-2H3/t12-,14?,15?,17?,18+,19?,20?,21-;;/m0../s1. The lowest BCUT2D eigenvalue weighted by Gasteiger charge is -2.60. The maximum Gasteiger partial charge on any atom is 0.178 e. The van der Waals surface area contributed by atoms with E-state index in [1.54, 1.807) is 12.2 Å². The van der Waals surface area contributed by atoms with Crippen molar-refractivity contribution in [2.45, 2.75) is 85.8 Å². The van der Waals surface area contributed by atoms with Gasteiger partial charge in [-0.2, -0.15) is 4.91 Å². The number of carbonyl (C=O) groups is 2. The molecule has 0 aromatic carbocycles. The number of carbonyl (C=O) groups excluding carboxylic acids is 2. The van der Waals surface area contributed by atoms with Gasteiger partial charge in [-0.1, -0.05) is 65.3 Å². The Morgan fingerprint density at radius 1 is 1.20 bits per heavy atom. The molecule has 0 aromatic heterocycles. The predicted octanol–water partition coefficient (Wildman–Crippen LogP) is 5.27. The van der Waals surface area contributed by atoms with E-state index in [0.29, 0.717) is 19.1 Å². The van der Waals surface area contributed by atoms with Gasteiger partial charge in [0.1, 0.15) is 5.60 Å². The van der Waals surface area contributed by atoms with E-state index in [9.17, 15) is 19.6 Å². The summed E-state index contributed by atoms with van der Waals surface area (Å²) in [5.74, 6) is 0.650. The summed E-state index contributed by atoms with van der Waals surface area (Å²) in [6.07, 6.45) is 8.56. The summed E-state index contributed by atoms with van der Waals surface area (Å²) >= 11 is 0. The van der Waals surface area contributed by atoms with Gasteiger partial charge in [0.15, 0.2) is 12.1 Å². The molecule has 0 spiro atoms. The summed E-state index contributed by atoms with van der Waals surface area (Å²) in [6, 6.07) is -0.468. The smallest absolute Gasteiger partial charge is 0.178 e. The molecule has 30 heavy (non-hydrogen) atoms. The van der Waals surface area contributed by atoms with Gasteiger partial charge in [-0.05, 0) is 55.6 Å². The van der Waals surface area contributed by atoms with Gasteiger partial charge in [0, 0.05) is 16.7 Å². The quantitative estimate of drug-likeness (QED) is 0.490. The molecule has 0 saturated heterocycles. The van der Waals surface area contributed by atoms with Gasteiger partial charge in [0.2, 0.25) is 0 Å². The van der Waals surface area contributed by atoms with Gasteiger partial charge in [-0.3, -0.25) is 4.79 Å². The van der Waals surface area contributed by atoms with Crippen LogP contribution in [0, 0.1) is 39.4 Å². The van der Waals surface area contributed by atoms with Crippen LogP contribution < -0.4 is 0 Å². The van der Waals surface area contributed by atoms with E-state index in [1.165, 1.54) is 0 Å². The van der Waals surface area contributed by atoms with Crippen LogP contribution in [0.5, 0.6) is 0 Å². The molecule has 5 heteroatoms. The maximum atomic E-state index is 12.0. The normalized spacial score (nSPS) is 45.9. The monoisotopic (exact) mass is 417 g/mol. The Hall–Kier alpha value is -1.62. The van der Waals surface area contributed by atoms with E-state index < -0.39 is 17.1 Å². The number of hydrogen-bond donors (Lipinski definition) is 1. The van der Waals surface area contributed by atoms with Gasteiger partial charge >= 0.3 is 0 Å². The number of rotatable bonds is 2. The van der Waals surface area contributed by atoms with Crippen LogP contribution in [-0.4, -0.2) is 28.8 Å². The zero-order valence-corrected chi connectivity index (χ0v) is 19.6. The molecular weight excluding hydrogens is 378 g/mol. The molecule has 3 fully saturated rings. The minimum Gasteiger partial charge on any atom is -0.382 e. The summed E-state index contributed by atoms with van der Waals surface area (Å²) < 4.78 is 0. The lowest BCUT2D eigenvalue weighted by atomic mass is 9.44. The zero-order valence-electron chi connectivity index (χ0n) is 19.6. The van der Waals surface area contributed by atoms with Crippen LogP contribution in [0.4, 0.5) is 0 Å². The Balaban J connectivity index is 0.000000757. The highest BCUT2D eigenvalue weighted by Gasteiger charge is 2.67. The third-order valence-corrected chi connectivity index (χ3v) is 8.36. The summed E-state index contributed by atoms with van der Waals surface area (Å²) in [6.45, 7) is 14.2. The zero-order chi connectivity index (χ0) is 22.9. The third-order valence-electron chi connectivity index (χ3n) is 8.36. The highest BCUT2D eigenvalue weighted by Crippen LogP contribution is 2.67. The minimum atomic E-state index is -1.37. The van der Waals surface area contributed by atoms with Crippen molar-refractivity contribution in [3.63, 3.8) is 0 Å². The molecule has 4 aliphatic carbocycles. The Morgan fingerprint density at radius 3 is 2.40 bits per heavy atom. The van der Waals surface area contributed by atoms with Gasteiger partial charge in [0.05, 0.1) is 6.04 Å². The first-order valence-corrected chi connectivity index (χ1v) is 11.7. The van der Waals surface area contributed by atoms with E-state index in [4.69, 9.17) is 0 Å². The van der Waals surface area contributed by atoms with E-state index in [-0.39, 0.29) is 34.9 Å². The molecule has 0 amide bonds. The molecule has 0 aliphatic heterocycles. The predicted molar refractivity (Wildman–Crippen MR) is 120 cm³/mol. The van der Waals surface area contributed by atoms with Crippen LogP contribution >= 0.6 is 0 Å². The fraction of sp³-hybridized carbons (Fsp3) is 0.760. The molecular formula is C25H39NO4. The van der Waals surface area contributed by atoms with E-state index in [1.807, 2.05) is 40.7 Å². The van der Waals surface area contributed by atoms with Crippen molar-refractivity contribution in [1.82, 2.24) is 0 Å². The van der Waals surface area contributed by atoms with Crippen LogP contribution in [0.3, 0.4) is 0 Å². The number of aldehydes is 1. The second-order valence-corrected chi connectivity index (χ2v) is 9.43. The van der Waals surface area contributed by atoms with Crippen LogP contribution in [0.25, 0.3) is 0 Å². The highest BCUT2D eigenvalue weighted by atomic mass is 16.3. The first-order chi connectivity index (χ1) is 14.2. The number of nitroso groups, excluding NO2 is 1. The molecule has 4 rings (SSSR count). The molecule has 5 unspecified atom stereocenters. The molecule has 168 valence electrons. The average Bonchev–Trinajstić information content (AvgIpc) is 3.03. The van der Waals surface area contributed by atoms with Gasteiger partial charge in [0.25, 0.3) is 0 Å². The van der Waals surface area contributed by atoms with Gasteiger partial charge < -0.3 is 9.90 Å². The van der Waals surface area contributed by atoms with Crippen LogP contribution in [0.1, 0.15) is 74.1 Å². The fourth-order valence-corrected chi connectivity index (χ4v) is 7.08. The van der Waals surface area contributed by atoms with Crippen molar-refractivity contribution in [2.75, 3.05) is 0 Å². The molecule has 3 saturated carbocycles. The molecule has 0 heterocycles. The summed E-state index contributed by atoms with van der Waals surface area (Å²) in [5.41, 5.74) is -1.24. The number of nitrogens with zero attached hydrogens (tertiary/aromatic N) is 1. The topological polar surface area (TPSA) is 83.8 Å². The highest BCUT2D eigenvalue weighted by molar-refractivity contribution is 6.01. The summed E-state index contributed by atoms with van der Waals surface area (Å²) in [7, 11) is 0. The number of hydrogen-bond acceptors (Lipinski definition) is 5. The third kappa shape index (κ3) is 3.34. The molecule has 4 aliphatic rings.